The third-order valence-electron chi connectivity index (χ3n) is 3.68. The zero-order valence-corrected chi connectivity index (χ0v) is 11.4. The predicted octanol–water partition coefficient (Wildman–Crippen LogP) is 4.44. The molecule has 98 valence electrons. The van der Waals surface area contributed by atoms with Crippen molar-refractivity contribution in [2.75, 3.05) is 0 Å². The van der Waals surface area contributed by atoms with Crippen LogP contribution in [0.25, 0.3) is 0 Å². The lowest BCUT2D eigenvalue weighted by Crippen LogP contribution is -2.26. The van der Waals surface area contributed by atoms with Crippen molar-refractivity contribution in [3.8, 4) is 11.8 Å². The molecule has 1 nitrogen and oxygen atoms in total. The van der Waals surface area contributed by atoms with Crippen LogP contribution < -0.4 is 0 Å². The first-order chi connectivity index (χ1) is 8.27. The van der Waals surface area contributed by atoms with Gasteiger partial charge in [-0.3, -0.25) is 0 Å². The van der Waals surface area contributed by atoms with Crippen molar-refractivity contribution in [1.29, 1.82) is 0 Å². The van der Waals surface area contributed by atoms with Crippen LogP contribution in [0, 0.1) is 11.8 Å². The maximum atomic E-state index is 10.5. The third kappa shape index (κ3) is 6.74. The third-order valence-corrected chi connectivity index (χ3v) is 3.68. The Labute approximate surface area is 107 Å². The standard InChI is InChI=1S/C16H28O/c1-2-3-13-16(17)14-11-9-7-5-4-6-8-10-12-15-16/h17H,2,4-12,14-15H2,1H3. The second-order valence-electron chi connectivity index (χ2n) is 5.37. The maximum absolute atomic E-state index is 10.5. The molecule has 0 aromatic rings. The van der Waals surface area contributed by atoms with Gasteiger partial charge in [0.1, 0.15) is 5.60 Å². The van der Waals surface area contributed by atoms with Gasteiger partial charge in [-0.05, 0) is 25.7 Å². The van der Waals surface area contributed by atoms with Crippen molar-refractivity contribution in [3.05, 3.63) is 0 Å². The fourth-order valence-corrected chi connectivity index (χ4v) is 2.58. The molecule has 1 saturated carbocycles. The minimum atomic E-state index is -0.685. The van der Waals surface area contributed by atoms with Crippen LogP contribution in [0.3, 0.4) is 0 Å². The molecule has 0 unspecified atom stereocenters. The van der Waals surface area contributed by atoms with Gasteiger partial charge in [-0.15, -0.1) is 5.92 Å². The molecule has 0 atom stereocenters. The molecule has 0 bridgehead atoms. The molecule has 0 radical (unpaired) electrons. The summed E-state index contributed by atoms with van der Waals surface area (Å²) in [5.74, 6) is 6.18. The molecule has 17 heavy (non-hydrogen) atoms. The summed E-state index contributed by atoms with van der Waals surface area (Å²) in [7, 11) is 0. The largest absolute Gasteiger partial charge is 0.378 e. The number of hydrogen-bond donors (Lipinski definition) is 1. The molecule has 0 amide bonds. The molecule has 1 aliphatic rings. The summed E-state index contributed by atoms with van der Waals surface area (Å²) in [5, 5.41) is 10.5. The minimum Gasteiger partial charge on any atom is -0.378 e. The van der Waals surface area contributed by atoms with E-state index in [9.17, 15) is 5.11 Å². The lowest BCUT2D eigenvalue weighted by molar-refractivity contribution is 0.0757. The first kappa shape index (κ1) is 14.6. The van der Waals surface area contributed by atoms with Crippen LogP contribution in [0.4, 0.5) is 0 Å². The Bertz CT molecular complexity index is 234. The zero-order chi connectivity index (χ0) is 12.4. The lowest BCUT2D eigenvalue weighted by Gasteiger charge is -2.23. The van der Waals surface area contributed by atoms with Crippen molar-refractivity contribution in [2.45, 2.75) is 89.6 Å². The highest BCUT2D eigenvalue weighted by atomic mass is 16.3. The maximum Gasteiger partial charge on any atom is 0.125 e. The van der Waals surface area contributed by atoms with Gasteiger partial charge in [0, 0.05) is 6.42 Å². The molecule has 1 aliphatic carbocycles. The van der Waals surface area contributed by atoms with E-state index in [0.29, 0.717) is 0 Å². The summed E-state index contributed by atoms with van der Waals surface area (Å²) >= 11 is 0. The van der Waals surface area contributed by atoms with E-state index in [2.05, 4.69) is 11.8 Å². The second kappa shape index (κ2) is 8.59. The van der Waals surface area contributed by atoms with Crippen molar-refractivity contribution < 1.29 is 5.11 Å². The SMILES string of the molecule is CCC#CC1(O)CCCCCCCCCCC1. The van der Waals surface area contributed by atoms with Gasteiger partial charge in [-0.1, -0.05) is 57.8 Å². The second-order valence-corrected chi connectivity index (χ2v) is 5.37. The Morgan fingerprint density at radius 3 is 1.65 bits per heavy atom. The van der Waals surface area contributed by atoms with Crippen molar-refractivity contribution in [3.63, 3.8) is 0 Å². The highest BCUT2D eigenvalue weighted by Gasteiger charge is 2.22. The summed E-state index contributed by atoms with van der Waals surface area (Å²) in [6.07, 6.45) is 14.2. The Morgan fingerprint density at radius 1 is 0.824 bits per heavy atom. The van der Waals surface area contributed by atoms with E-state index in [1.807, 2.05) is 6.92 Å². The molecule has 0 spiro atoms. The van der Waals surface area contributed by atoms with Gasteiger partial charge < -0.3 is 5.11 Å². The summed E-state index contributed by atoms with van der Waals surface area (Å²) in [5.41, 5.74) is -0.685. The normalized spacial score (nSPS) is 22.7. The molecular weight excluding hydrogens is 208 g/mol. The van der Waals surface area contributed by atoms with Crippen LogP contribution in [0.2, 0.25) is 0 Å². The summed E-state index contributed by atoms with van der Waals surface area (Å²) in [6, 6.07) is 0. The Kier molecular flexibility index (Phi) is 7.37. The lowest BCUT2D eigenvalue weighted by atomic mass is 9.89. The monoisotopic (exact) mass is 236 g/mol. The molecule has 1 N–H and O–H groups in total. The van der Waals surface area contributed by atoms with Gasteiger partial charge in [-0.25, -0.2) is 0 Å². The number of hydrogen-bond acceptors (Lipinski definition) is 1. The van der Waals surface area contributed by atoms with Gasteiger partial charge in [-0.2, -0.15) is 0 Å². The van der Waals surface area contributed by atoms with Crippen LogP contribution in [0.15, 0.2) is 0 Å². The Balaban J connectivity index is 2.47. The van der Waals surface area contributed by atoms with Crippen molar-refractivity contribution >= 4 is 0 Å². The highest BCUT2D eigenvalue weighted by Crippen LogP contribution is 2.24. The fraction of sp³-hybridized carbons (Fsp3) is 0.875. The number of rotatable bonds is 0. The van der Waals surface area contributed by atoms with E-state index in [4.69, 9.17) is 0 Å². The van der Waals surface area contributed by atoms with Crippen molar-refractivity contribution in [1.82, 2.24) is 0 Å². The first-order valence-corrected chi connectivity index (χ1v) is 7.49. The Hall–Kier alpha value is -0.480. The average Bonchev–Trinajstić information content (AvgIpc) is 2.32. The molecule has 1 rings (SSSR count). The van der Waals surface area contributed by atoms with Crippen molar-refractivity contribution in [2.24, 2.45) is 0 Å². The smallest absolute Gasteiger partial charge is 0.125 e. The molecule has 1 fully saturated rings. The predicted molar refractivity (Wildman–Crippen MR) is 73.8 cm³/mol. The molecule has 0 aliphatic heterocycles. The molecule has 0 aromatic carbocycles. The van der Waals surface area contributed by atoms with Gasteiger partial charge in [0.2, 0.25) is 0 Å². The number of aliphatic hydroxyl groups is 1. The summed E-state index contributed by atoms with van der Waals surface area (Å²) in [4.78, 5) is 0. The minimum absolute atomic E-state index is 0.685. The van der Waals surface area contributed by atoms with E-state index in [1.54, 1.807) is 0 Å². The summed E-state index contributed by atoms with van der Waals surface area (Å²) in [6.45, 7) is 2.05. The van der Waals surface area contributed by atoms with Gasteiger partial charge in [0.05, 0.1) is 0 Å². The van der Waals surface area contributed by atoms with E-state index < -0.39 is 5.60 Å². The van der Waals surface area contributed by atoms with Gasteiger partial charge in [0.15, 0.2) is 0 Å². The van der Waals surface area contributed by atoms with Crippen LogP contribution in [-0.4, -0.2) is 10.7 Å². The van der Waals surface area contributed by atoms with Crippen LogP contribution in [0.1, 0.15) is 84.0 Å². The molecule has 0 heterocycles. The average molecular weight is 236 g/mol. The van der Waals surface area contributed by atoms with E-state index in [1.165, 1.54) is 44.9 Å². The topological polar surface area (TPSA) is 20.2 Å². The highest BCUT2D eigenvalue weighted by molar-refractivity contribution is 5.13. The molecule has 1 heteroatoms. The fourth-order valence-electron chi connectivity index (χ4n) is 2.58. The van der Waals surface area contributed by atoms with E-state index in [-0.39, 0.29) is 0 Å². The molecular formula is C16H28O. The summed E-state index contributed by atoms with van der Waals surface area (Å²) < 4.78 is 0. The van der Waals surface area contributed by atoms with Gasteiger partial charge >= 0.3 is 0 Å². The van der Waals surface area contributed by atoms with E-state index >= 15 is 0 Å². The van der Waals surface area contributed by atoms with E-state index in [0.717, 1.165) is 32.1 Å². The van der Waals surface area contributed by atoms with Crippen LogP contribution in [0.5, 0.6) is 0 Å². The Morgan fingerprint density at radius 2 is 1.24 bits per heavy atom. The zero-order valence-electron chi connectivity index (χ0n) is 11.4. The quantitative estimate of drug-likeness (QED) is 0.617. The van der Waals surface area contributed by atoms with Gasteiger partial charge in [0.25, 0.3) is 0 Å². The molecule has 0 aromatic heterocycles. The van der Waals surface area contributed by atoms with Crippen LogP contribution >= 0.6 is 0 Å². The molecule has 0 saturated heterocycles. The first-order valence-electron chi connectivity index (χ1n) is 7.49. The van der Waals surface area contributed by atoms with Crippen LogP contribution in [-0.2, 0) is 0 Å².